The zero-order valence-electron chi connectivity index (χ0n) is 19.7. The zero-order chi connectivity index (χ0) is 24.6. The van der Waals surface area contributed by atoms with Crippen molar-refractivity contribution in [1.29, 1.82) is 0 Å². The summed E-state index contributed by atoms with van der Waals surface area (Å²) in [5.74, 6) is 4.78. The van der Waals surface area contributed by atoms with Gasteiger partial charge in [-0.2, -0.15) is 0 Å². The molecule has 4 aromatic carbocycles. The van der Waals surface area contributed by atoms with Crippen molar-refractivity contribution in [3.63, 3.8) is 0 Å². The Morgan fingerprint density at radius 3 is 2.11 bits per heavy atom. The Morgan fingerprint density at radius 1 is 0.657 bits per heavy atom. The van der Waals surface area contributed by atoms with Crippen LogP contribution < -0.4 is 4.74 Å². The van der Waals surface area contributed by atoms with Crippen molar-refractivity contribution in [2.75, 3.05) is 6.61 Å². The van der Waals surface area contributed by atoms with Crippen LogP contribution in [0.3, 0.4) is 0 Å². The summed E-state index contributed by atoms with van der Waals surface area (Å²) >= 11 is 0. The van der Waals surface area contributed by atoms with Gasteiger partial charge in [-0.25, -0.2) is 13.2 Å². The Labute approximate surface area is 204 Å². The van der Waals surface area contributed by atoms with Gasteiger partial charge in [-0.1, -0.05) is 55.9 Å². The smallest absolute Gasteiger partial charge is 0.159 e. The van der Waals surface area contributed by atoms with Gasteiger partial charge in [0.2, 0.25) is 0 Å². The lowest BCUT2D eigenvalue weighted by atomic mass is 10.0. The highest BCUT2D eigenvalue weighted by Gasteiger charge is 2.06. The van der Waals surface area contributed by atoms with E-state index < -0.39 is 11.6 Å². The van der Waals surface area contributed by atoms with Gasteiger partial charge in [-0.15, -0.1) is 0 Å². The van der Waals surface area contributed by atoms with Crippen LogP contribution in [0.15, 0.2) is 72.8 Å². The summed E-state index contributed by atoms with van der Waals surface area (Å²) in [4.78, 5) is 0. The fourth-order valence-electron chi connectivity index (χ4n) is 3.86. The third-order valence-corrected chi connectivity index (χ3v) is 5.91. The molecular weight excluding hydrogens is 445 g/mol. The predicted molar refractivity (Wildman–Crippen MR) is 135 cm³/mol. The van der Waals surface area contributed by atoms with Crippen LogP contribution in [0.2, 0.25) is 0 Å². The largest absolute Gasteiger partial charge is 0.493 e. The number of hydrogen-bond donors (Lipinski definition) is 0. The van der Waals surface area contributed by atoms with E-state index in [0.717, 1.165) is 36.0 Å². The number of halogens is 3. The highest BCUT2D eigenvalue weighted by molar-refractivity contribution is 5.84. The number of ether oxygens (including phenoxy) is 1. The van der Waals surface area contributed by atoms with E-state index in [4.69, 9.17) is 4.74 Å². The molecule has 0 saturated carbocycles. The van der Waals surface area contributed by atoms with Gasteiger partial charge in [0.05, 0.1) is 6.61 Å². The maximum Gasteiger partial charge on any atom is 0.159 e. The summed E-state index contributed by atoms with van der Waals surface area (Å²) in [5.41, 5.74) is 3.33. The summed E-state index contributed by atoms with van der Waals surface area (Å²) in [6.07, 6.45) is 4.52. The van der Waals surface area contributed by atoms with Gasteiger partial charge >= 0.3 is 0 Å². The Bertz CT molecular complexity index is 1360. The molecule has 0 radical (unpaired) electrons. The average Bonchev–Trinajstić information content (AvgIpc) is 2.86. The summed E-state index contributed by atoms with van der Waals surface area (Å²) < 4.78 is 47.0. The average molecular weight is 473 g/mol. The third kappa shape index (κ3) is 6.67. The van der Waals surface area contributed by atoms with Gasteiger partial charge in [0.25, 0.3) is 0 Å². The van der Waals surface area contributed by atoms with Crippen molar-refractivity contribution in [2.24, 2.45) is 0 Å². The van der Waals surface area contributed by atoms with E-state index in [-0.39, 0.29) is 5.82 Å². The minimum atomic E-state index is -0.871. The molecule has 0 aliphatic carbocycles. The Balaban J connectivity index is 1.35. The lowest BCUT2D eigenvalue weighted by molar-refractivity contribution is 0.304. The minimum Gasteiger partial charge on any atom is -0.493 e. The molecular formula is C31H27F3O. The first-order chi connectivity index (χ1) is 17.0. The second-order valence-corrected chi connectivity index (χ2v) is 8.58. The second kappa shape index (κ2) is 11.6. The van der Waals surface area contributed by atoms with E-state index in [1.165, 1.54) is 18.2 Å². The van der Waals surface area contributed by atoms with E-state index in [9.17, 15) is 13.2 Å². The van der Waals surface area contributed by atoms with Crippen LogP contribution in [-0.4, -0.2) is 6.61 Å². The van der Waals surface area contributed by atoms with E-state index in [1.54, 1.807) is 24.3 Å². The molecule has 35 heavy (non-hydrogen) atoms. The molecule has 0 aliphatic rings. The minimum absolute atomic E-state index is 0.238. The fourth-order valence-corrected chi connectivity index (χ4v) is 3.86. The standard InChI is InChI=1S/C31H27F3O/c1-2-3-4-17-35-28-16-15-25(29(32)21-28)13-11-23-7-5-22(6-8-23)9-10-24-12-14-26-19-30(33)31(34)20-27(26)18-24/h5-8,12,14-16,18-21H,2-4,11,13,17H2,1H3. The summed E-state index contributed by atoms with van der Waals surface area (Å²) in [7, 11) is 0. The molecule has 0 N–H and O–H groups in total. The van der Waals surface area contributed by atoms with Crippen molar-refractivity contribution < 1.29 is 17.9 Å². The molecule has 4 aromatic rings. The molecule has 178 valence electrons. The Hall–Kier alpha value is -3.71. The van der Waals surface area contributed by atoms with Crippen molar-refractivity contribution >= 4 is 10.8 Å². The lowest BCUT2D eigenvalue weighted by Gasteiger charge is -2.09. The van der Waals surface area contributed by atoms with Gasteiger partial charge in [-0.3, -0.25) is 0 Å². The predicted octanol–water partition coefficient (Wildman–Crippen LogP) is 8.01. The van der Waals surface area contributed by atoms with Crippen LogP contribution in [0.4, 0.5) is 13.2 Å². The molecule has 0 fully saturated rings. The summed E-state index contributed by atoms with van der Waals surface area (Å²) in [5, 5.41) is 1.23. The molecule has 0 unspecified atom stereocenters. The molecule has 0 bridgehead atoms. The van der Waals surface area contributed by atoms with Crippen LogP contribution >= 0.6 is 0 Å². The SMILES string of the molecule is CCCCCOc1ccc(CCc2ccc(C#Cc3ccc4cc(F)c(F)cc4c3)cc2)c(F)c1. The topological polar surface area (TPSA) is 9.23 Å². The number of rotatable bonds is 8. The first-order valence-corrected chi connectivity index (χ1v) is 11.9. The molecule has 0 amide bonds. The highest BCUT2D eigenvalue weighted by Crippen LogP contribution is 2.21. The van der Waals surface area contributed by atoms with Gasteiger partial charge < -0.3 is 4.74 Å². The van der Waals surface area contributed by atoms with Gasteiger partial charge in [-0.05, 0) is 83.6 Å². The van der Waals surface area contributed by atoms with Gasteiger partial charge in [0.1, 0.15) is 11.6 Å². The normalized spacial score (nSPS) is 10.7. The molecule has 4 heteroatoms. The molecule has 0 atom stereocenters. The molecule has 0 heterocycles. The van der Waals surface area contributed by atoms with Gasteiger partial charge in [0.15, 0.2) is 11.6 Å². The first kappa shape index (κ1) is 24.4. The van der Waals surface area contributed by atoms with Crippen LogP contribution in [0.5, 0.6) is 5.75 Å². The number of fused-ring (bicyclic) bond motifs is 1. The number of hydrogen-bond acceptors (Lipinski definition) is 1. The number of aryl methyl sites for hydroxylation is 2. The molecule has 1 nitrogen and oxygen atoms in total. The number of unbranched alkanes of at least 4 members (excludes halogenated alkanes) is 2. The number of benzene rings is 4. The molecule has 0 aliphatic heterocycles. The third-order valence-electron chi connectivity index (χ3n) is 5.91. The van der Waals surface area contributed by atoms with E-state index >= 15 is 0 Å². The maximum absolute atomic E-state index is 14.5. The monoisotopic (exact) mass is 472 g/mol. The molecule has 0 saturated heterocycles. The van der Waals surface area contributed by atoms with Crippen molar-refractivity contribution in [2.45, 2.75) is 39.0 Å². The molecule has 4 rings (SSSR count). The van der Waals surface area contributed by atoms with Crippen molar-refractivity contribution in [1.82, 2.24) is 0 Å². The van der Waals surface area contributed by atoms with Crippen LogP contribution in [0.1, 0.15) is 48.4 Å². The Morgan fingerprint density at radius 2 is 1.37 bits per heavy atom. The lowest BCUT2D eigenvalue weighted by Crippen LogP contribution is -1.99. The van der Waals surface area contributed by atoms with Crippen molar-refractivity contribution in [3.8, 4) is 17.6 Å². The van der Waals surface area contributed by atoms with E-state index in [1.807, 2.05) is 30.3 Å². The zero-order valence-corrected chi connectivity index (χ0v) is 19.7. The van der Waals surface area contributed by atoms with Crippen LogP contribution in [0, 0.1) is 29.3 Å². The fraction of sp³-hybridized carbons (Fsp3) is 0.226. The maximum atomic E-state index is 14.5. The summed E-state index contributed by atoms with van der Waals surface area (Å²) in [6, 6.07) is 20.6. The Kier molecular flexibility index (Phi) is 8.11. The van der Waals surface area contributed by atoms with Gasteiger partial charge in [0, 0.05) is 17.2 Å². The van der Waals surface area contributed by atoms with E-state index in [2.05, 4.69) is 18.8 Å². The van der Waals surface area contributed by atoms with Crippen LogP contribution in [-0.2, 0) is 12.8 Å². The summed E-state index contributed by atoms with van der Waals surface area (Å²) in [6.45, 7) is 2.75. The second-order valence-electron chi connectivity index (χ2n) is 8.58. The quantitative estimate of drug-likeness (QED) is 0.186. The van der Waals surface area contributed by atoms with E-state index in [0.29, 0.717) is 41.5 Å². The highest BCUT2D eigenvalue weighted by atomic mass is 19.2. The van der Waals surface area contributed by atoms with Crippen LogP contribution in [0.25, 0.3) is 10.8 Å². The molecule has 0 spiro atoms. The first-order valence-electron chi connectivity index (χ1n) is 11.9. The van der Waals surface area contributed by atoms with Crippen molar-refractivity contribution in [3.05, 3.63) is 113 Å². The molecule has 0 aromatic heterocycles.